The molecule has 1 atom stereocenters. The van der Waals surface area contributed by atoms with Gasteiger partial charge in [-0.2, -0.15) is 0 Å². The highest BCUT2D eigenvalue weighted by Gasteiger charge is 2.36. The van der Waals surface area contributed by atoms with E-state index in [1.54, 1.807) is 19.1 Å². The Bertz CT molecular complexity index is 804. The summed E-state index contributed by atoms with van der Waals surface area (Å²) in [5.41, 5.74) is 2.74. The molecule has 2 aromatic rings. The Morgan fingerprint density at radius 1 is 1.15 bits per heavy atom. The maximum atomic E-state index is 13.0. The lowest BCUT2D eigenvalue weighted by molar-refractivity contribution is -0.142. The van der Waals surface area contributed by atoms with Gasteiger partial charge in [0.25, 0.3) is 0 Å². The predicted octanol–water partition coefficient (Wildman–Crippen LogP) is 2.08. The molecule has 0 radical (unpaired) electrons. The molecule has 0 saturated carbocycles. The largest absolute Gasteiger partial charge is 0.497 e. The minimum absolute atomic E-state index is 0.0599. The molecule has 1 unspecified atom stereocenters. The third kappa shape index (κ3) is 4.28. The van der Waals surface area contributed by atoms with Crippen molar-refractivity contribution in [2.24, 2.45) is 0 Å². The lowest BCUT2D eigenvalue weighted by Gasteiger charge is -2.36. The summed E-state index contributed by atoms with van der Waals surface area (Å²) in [5.74, 6) is 0.514. The number of benzene rings is 2. The number of nitrogens with one attached hydrogen (secondary N) is 1. The number of carbonyl (C=O) groups excluding carboxylic acids is 2. The van der Waals surface area contributed by atoms with Crippen molar-refractivity contribution in [3.05, 3.63) is 65.2 Å². The average molecular weight is 368 g/mol. The summed E-state index contributed by atoms with van der Waals surface area (Å²) in [5, 5.41) is 2.96. The summed E-state index contributed by atoms with van der Waals surface area (Å²) in [4.78, 5) is 27.2. The number of ether oxygens (including phenoxy) is 2. The van der Waals surface area contributed by atoms with Gasteiger partial charge in [-0.1, -0.05) is 36.4 Å². The van der Waals surface area contributed by atoms with Crippen LogP contribution in [0.25, 0.3) is 0 Å². The molecule has 6 heteroatoms. The molecule has 0 aliphatic carbocycles. The smallest absolute Gasteiger partial charge is 0.247 e. The van der Waals surface area contributed by atoms with Crippen molar-refractivity contribution in [1.29, 1.82) is 0 Å². The van der Waals surface area contributed by atoms with Crippen LogP contribution >= 0.6 is 0 Å². The van der Waals surface area contributed by atoms with Crippen LogP contribution in [0.2, 0.25) is 0 Å². The van der Waals surface area contributed by atoms with E-state index in [-0.39, 0.29) is 11.8 Å². The van der Waals surface area contributed by atoms with E-state index in [4.69, 9.17) is 9.47 Å². The second-order valence-corrected chi connectivity index (χ2v) is 6.42. The van der Waals surface area contributed by atoms with Crippen LogP contribution in [0.5, 0.6) is 5.75 Å². The van der Waals surface area contributed by atoms with Gasteiger partial charge in [0.05, 0.1) is 20.1 Å². The zero-order valence-corrected chi connectivity index (χ0v) is 15.6. The first-order chi connectivity index (χ1) is 13.1. The van der Waals surface area contributed by atoms with E-state index in [1.807, 2.05) is 48.5 Å². The first-order valence-electron chi connectivity index (χ1n) is 8.91. The molecule has 142 valence electrons. The Balaban J connectivity index is 1.78. The molecule has 3 rings (SSSR count). The summed E-state index contributed by atoms with van der Waals surface area (Å²) >= 11 is 0. The molecule has 0 spiro atoms. The quantitative estimate of drug-likeness (QED) is 0.813. The predicted molar refractivity (Wildman–Crippen MR) is 101 cm³/mol. The minimum Gasteiger partial charge on any atom is -0.497 e. The van der Waals surface area contributed by atoms with Crippen molar-refractivity contribution in [3.63, 3.8) is 0 Å². The lowest BCUT2D eigenvalue weighted by atomic mass is 9.91. The number of fused-ring (bicyclic) bond motifs is 1. The lowest BCUT2D eigenvalue weighted by Crippen LogP contribution is -2.48. The number of methoxy groups -OCH3 is 2. The van der Waals surface area contributed by atoms with Crippen molar-refractivity contribution >= 4 is 11.8 Å². The van der Waals surface area contributed by atoms with E-state index in [9.17, 15) is 9.59 Å². The molecule has 6 nitrogen and oxygen atoms in total. The number of hydrogen-bond donors (Lipinski definition) is 1. The van der Waals surface area contributed by atoms with Gasteiger partial charge >= 0.3 is 0 Å². The zero-order valence-electron chi connectivity index (χ0n) is 15.6. The fourth-order valence-corrected chi connectivity index (χ4v) is 3.29. The van der Waals surface area contributed by atoms with Crippen LogP contribution in [0.1, 0.15) is 22.7 Å². The Kier molecular flexibility index (Phi) is 6.08. The van der Waals surface area contributed by atoms with E-state index >= 15 is 0 Å². The molecule has 1 heterocycles. The number of nitrogens with zero attached hydrogens (tertiary/aromatic N) is 1. The first-order valence-corrected chi connectivity index (χ1v) is 8.91. The fourth-order valence-electron chi connectivity index (χ4n) is 3.29. The van der Waals surface area contributed by atoms with Gasteiger partial charge in [-0.25, -0.2) is 0 Å². The molecule has 0 saturated heterocycles. The van der Waals surface area contributed by atoms with Crippen LogP contribution in [-0.2, 0) is 27.3 Å². The van der Waals surface area contributed by atoms with Gasteiger partial charge in [-0.05, 0) is 28.8 Å². The third-order valence-electron chi connectivity index (χ3n) is 4.73. The summed E-state index contributed by atoms with van der Waals surface area (Å²) in [7, 11) is 3.20. The highest BCUT2D eigenvalue weighted by Crippen LogP contribution is 2.30. The first kappa shape index (κ1) is 18.9. The van der Waals surface area contributed by atoms with Crippen molar-refractivity contribution in [1.82, 2.24) is 10.2 Å². The van der Waals surface area contributed by atoms with Gasteiger partial charge in [-0.15, -0.1) is 0 Å². The molecule has 2 aromatic carbocycles. The molecule has 2 amide bonds. The molecular weight excluding hydrogens is 344 g/mol. The Morgan fingerprint density at radius 2 is 1.89 bits per heavy atom. The normalized spacial score (nSPS) is 16.0. The molecule has 27 heavy (non-hydrogen) atoms. The summed E-state index contributed by atoms with van der Waals surface area (Å²) < 4.78 is 10.3. The highest BCUT2D eigenvalue weighted by molar-refractivity contribution is 5.92. The summed E-state index contributed by atoms with van der Waals surface area (Å²) in [6.45, 7) is 1.15. The van der Waals surface area contributed by atoms with Crippen LogP contribution in [0, 0.1) is 0 Å². The number of amides is 2. The van der Waals surface area contributed by atoms with Gasteiger partial charge in [0, 0.05) is 20.2 Å². The van der Waals surface area contributed by atoms with Crippen LogP contribution in [0.15, 0.2) is 48.5 Å². The molecule has 0 aromatic heterocycles. The van der Waals surface area contributed by atoms with E-state index in [0.29, 0.717) is 26.1 Å². The monoisotopic (exact) mass is 368 g/mol. The van der Waals surface area contributed by atoms with Gasteiger partial charge in [-0.3, -0.25) is 9.59 Å². The van der Waals surface area contributed by atoms with Gasteiger partial charge in [0.1, 0.15) is 11.8 Å². The molecular formula is C21H24N2O4. The minimum atomic E-state index is -0.643. The van der Waals surface area contributed by atoms with Crippen molar-refractivity contribution in [2.75, 3.05) is 27.4 Å². The van der Waals surface area contributed by atoms with Crippen molar-refractivity contribution in [3.8, 4) is 5.75 Å². The Labute approximate surface area is 159 Å². The Morgan fingerprint density at radius 3 is 2.59 bits per heavy atom. The van der Waals surface area contributed by atoms with Gasteiger partial charge in [0.15, 0.2) is 0 Å². The molecule has 1 aliphatic rings. The second kappa shape index (κ2) is 8.68. The van der Waals surface area contributed by atoms with Crippen molar-refractivity contribution in [2.45, 2.75) is 19.0 Å². The van der Waals surface area contributed by atoms with E-state index in [0.717, 1.165) is 22.4 Å². The number of carbonyl (C=O) groups is 2. The summed E-state index contributed by atoms with van der Waals surface area (Å²) in [6, 6.07) is 14.5. The maximum absolute atomic E-state index is 13.0. The third-order valence-corrected chi connectivity index (χ3v) is 4.73. The summed E-state index contributed by atoms with van der Waals surface area (Å²) in [6.07, 6.45) is 0.308. The Hall–Kier alpha value is -2.86. The molecule has 1 N–H and O–H groups in total. The number of rotatable bonds is 7. The van der Waals surface area contributed by atoms with Crippen LogP contribution in [0.4, 0.5) is 0 Å². The van der Waals surface area contributed by atoms with Gasteiger partial charge in [0.2, 0.25) is 11.8 Å². The number of hydrogen-bond acceptors (Lipinski definition) is 4. The second-order valence-electron chi connectivity index (χ2n) is 6.42. The van der Waals surface area contributed by atoms with E-state index < -0.39 is 6.04 Å². The molecule has 1 aliphatic heterocycles. The fraction of sp³-hybridized carbons (Fsp3) is 0.333. The van der Waals surface area contributed by atoms with Crippen LogP contribution in [0.3, 0.4) is 0 Å². The standard InChI is InChI=1S/C21H24N2O4/c1-26-12-11-23-19(24)13-16-5-3-4-6-18(16)20(23)21(25)22-14-15-7-9-17(27-2)10-8-15/h3-10,20H,11-14H2,1-2H3,(H,22,25). The van der Waals surface area contributed by atoms with Crippen LogP contribution < -0.4 is 10.1 Å². The maximum Gasteiger partial charge on any atom is 0.247 e. The van der Waals surface area contributed by atoms with Gasteiger partial charge < -0.3 is 19.7 Å². The van der Waals surface area contributed by atoms with Crippen LogP contribution in [-0.4, -0.2) is 44.1 Å². The van der Waals surface area contributed by atoms with E-state index in [2.05, 4.69) is 5.32 Å². The average Bonchev–Trinajstić information content (AvgIpc) is 2.70. The zero-order chi connectivity index (χ0) is 19.2. The highest BCUT2D eigenvalue weighted by atomic mass is 16.5. The topological polar surface area (TPSA) is 67.9 Å². The molecule has 0 bridgehead atoms. The van der Waals surface area contributed by atoms with E-state index in [1.165, 1.54) is 0 Å². The van der Waals surface area contributed by atoms with Crippen molar-refractivity contribution < 1.29 is 19.1 Å². The molecule has 0 fully saturated rings. The SMILES string of the molecule is COCCN1C(=O)Cc2ccccc2C1C(=O)NCc1ccc(OC)cc1.